The minimum Gasteiger partial charge on any atom is -0.354 e. The zero-order valence-electron chi connectivity index (χ0n) is 9.07. The molecule has 0 N–H and O–H groups in total. The minimum atomic E-state index is 0.504. The average molecular weight is 240 g/mol. The Morgan fingerprint density at radius 1 is 1.40 bits per heavy atom. The van der Waals surface area contributed by atoms with Crippen molar-refractivity contribution in [2.24, 2.45) is 0 Å². The zero-order valence-corrected chi connectivity index (χ0v) is 11.2. The molecule has 1 aromatic rings. The standard InChI is InChI=1S/C12H18OP2/c1-11(9-10-13-15-14)7-8-12-5-3-2-4-6-12/h2-6,9,15H,7-8,10,14H2,1H3/b11-9+. The van der Waals surface area contributed by atoms with Crippen molar-refractivity contribution >= 4 is 17.4 Å². The number of rotatable bonds is 6. The maximum absolute atomic E-state index is 5.27. The Morgan fingerprint density at radius 2 is 2.13 bits per heavy atom. The summed E-state index contributed by atoms with van der Waals surface area (Å²) in [5.74, 6) is 0. The Kier molecular flexibility index (Phi) is 6.85. The molecule has 0 aliphatic heterocycles. The lowest BCUT2D eigenvalue weighted by Gasteiger charge is -2.02. The predicted octanol–water partition coefficient (Wildman–Crippen LogP) is 3.97. The van der Waals surface area contributed by atoms with E-state index in [4.69, 9.17) is 4.52 Å². The summed E-state index contributed by atoms with van der Waals surface area (Å²) in [5.41, 5.74) is 2.81. The SMILES string of the molecule is C/C(=C\COPP)CCc1ccccc1. The van der Waals surface area contributed by atoms with Gasteiger partial charge in [0.15, 0.2) is 0 Å². The lowest BCUT2D eigenvalue weighted by Crippen LogP contribution is -1.87. The van der Waals surface area contributed by atoms with Gasteiger partial charge in [-0.2, -0.15) is 0 Å². The summed E-state index contributed by atoms with van der Waals surface area (Å²) >= 11 is 0. The van der Waals surface area contributed by atoms with E-state index in [1.807, 2.05) is 0 Å². The van der Waals surface area contributed by atoms with Gasteiger partial charge >= 0.3 is 0 Å². The highest BCUT2D eigenvalue weighted by Crippen LogP contribution is 2.21. The summed E-state index contributed by atoms with van der Waals surface area (Å²) < 4.78 is 5.27. The first-order chi connectivity index (χ1) is 7.33. The van der Waals surface area contributed by atoms with Gasteiger partial charge in [-0.05, 0) is 25.3 Å². The third kappa shape index (κ3) is 6.05. The molecule has 0 heterocycles. The van der Waals surface area contributed by atoms with Crippen LogP contribution in [-0.2, 0) is 10.9 Å². The van der Waals surface area contributed by atoms with Crippen LogP contribution in [0.3, 0.4) is 0 Å². The number of aryl methyl sites for hydroxylation is 1. The highest BCUT2D eigenvalue weighted by atomic mass is 32.0. The fourth-order valence-corrected chi connectivity index (χ4v) is 1.79. The molecule has 1 aromatic carbocycles. The average Bonchev–Trinajstić information content (AvgIpc) is 2.28. The van der Waals surface area contributed by atoms with Crippen LogP contribution in [-0.4, -0.2) is 6.61 Å². The van der Waals surface area contributed by atoms with Gasteiger partial charge in [0.2, 0.25) is 0 Å². The molecule has 0 spiro atoms. The Labute approximate surface area is 96.3 Å². The van der Waals surface area contributed by atoms with E-state index >= 15 is 0 Å². The van der Waals surface area contributed by atoms with Crippen molar-refractivity contribution in [3.05, 3.63) is 47.5 Å². The van der Waals surface area contributed by atoms with Crippen LogP contribution in [0.5, 0.6) is 0 Å². The van der Waals surface area contributed by atoms with Gasteiger partial charge < -0.3 is 4.52 Å². The Balaban J connectivity index is 2.28. The summed E-state index contributed by atoms with van der Waals surface area (Å²) in [5, 5.41) is 0. The normalized spacial score (nSPS) is 12.5. The van der Waals surface area contributed by atoms with Crippen LogP contribution in [0, 0.1) is 0 Å². The molecule has 3 heteroatoms. The number of hydrogen-bond acceptors (Lipinski definition) is 1. The largest absolute Gasteiger partial charge is 0.354 e. The molecule has 0 amide bonds. The third-order valence-corrected chi connectivity index (χ3v) is 3.08. The summed E-state index contributed by atoms with van der Waals surface area (Å²) in [6.07, 6.45) is 4.40. The second-order valence-corrected chi connectivity index (χ2v) is 4.70. The van der Waals surface area contributed by atoms with Crippen LogP contribution in [0.2, 0.25) is 0 Å². The van der Waals surface area contributed by atoms with E-state index in [9.17, 15) is 0 Å². The molecular weight excluding hydrogens is 222 g/mol. The van der Waals surface area contributed by atoms with Crippen molar-refractivity contribution in [1.29, 1.82) is 0 Å². The molecule has 2 atom stereocenters. The maximum atomic E-state index is 5.27. The van der Waals surface area contributed by atoms with E-state index in [1.165, 1.54) is 11.1 Å². The van der Waals surface area contributed by atoms with Crippen molar-refractivity contribution in [2.45, 2.75) is 19.8 Å². The molecule has 0 saturated carbocycles. The van der Waals surface area contributed by atoms with E-state index in [-0.39, 0.29) is 0 Å². The van der Waals surface area contributed by atoms with E-state index in [0.717, 1.165) is 19.4 Å². The number of hydrogen-bond donors (Lipinski definition) is 0. The predicted molar refractivity (Wildman–Crippen MR) is 72.5 cm³/mol. The Morgan fingerprint density at radius 3 is 2.80 bits per heavy atom. The number of benzene rings is 1. The monoisotopic (exact) mass is 240 g/mol. The van der Waals surface area contributed by atoms with Crippen LogP contribution in [0.25, 0.3) is 0 Å². The van der Waals surface area contributed by atoms with Gasteiger partial charge in [0.1, 0.15) is 0 Å². The molecule has 1 rings (SSSR count). The fraction of sp³-hybridized carbons (Fsp3) is 0.333. The molecule has 82 valence electrons. The van der Waals surface area contributed by atoms with E-state index in [0.29, 0.717) is 8.50 Å². The molecule has 0 saturated heterocycles. The molecule has 0 aliphatic rings. The van der Waals surface area contributed by atoms with Crippen molar-refractivity contribution in [3.63, 3.8) is 0 Å². The number of allylic oxidation sites excluding steroid dienone is 1. The lowest BCUT2D eigenvalue weighted by atomic mass is 10.1. The molecule has 0 bridgehead atoms. The topological polar surface area (TPSA) is 9.23 Å². The van der Waals surface area contributed by atoms with E-state index in [2.05, 4.69) is 52.3 Å². The summed E-state index contributed by atoms with van der Waals surface area (Å²) in [6.45, 7) is 2.90. The molecule has 1 nitrogen and oxygen atoms in total. The quantitative estimate of drug-likeness (QED) is 0.415. The van der Waals surface area contributed by atoms with Crippen molar-refractivity contribution in [3.8, 4) is 0 Å². The van der Waals surface area contributed by atoms with Crippen LogP contribution >= 0.6 is 17.4 Å². The third-order valence-electron chi connectivity index (χ3n) is 2.25. The maximum Gasteiger partial charge on any atom is 0.0693 e. The molecule has 0 fully saturated rings. The molecule has 15 heavy (non-hydrogen) atoms. The minimum absolute atomic E-state index is 0.504. The van der Waals surface area contributed by atoms with Crippen molar-refractivity contribution in [2.75, 3.05) is 6.61 Å². The first kappa shape index (κ1) is 12.8. The molecule has 0 aromatic heterocycles. The first-order valence-corrected chi connectivity index (χ1v) is 7.81. The second kappa shape index (κ2) is 7.99. The highest BCUT2D eigenvalue weighted by Gasteiger charge is 1.93. The van der Waals surface area contributed by atoms with Crippen molar-refractivity contribution < 1.29 is 4.52 Å². The highest BCUT2D eigenvalue weighted by molar-refractivity contribution is 8.00. The van der Waals surface area contributed by atoms with Crippen LogP contribution in [0.15, 0.2) is 42.0 Å². The van der Waals surface area contributed by atoms with Gasteiger partial charge in [-0.3, -0.25) is 0 Å². The molecular formula is C12H18OP2. The Bertz CT molecular complexity index is 296. The van der Waals surface area contributed by atoms with Gasteiger partial charge in [-0.25, -0.2) is 0 Å². The summed E-state index contributed by atoms with van der Waals surface area (Å²) in [4.78, 5) is 0. The van der Waals surface area contributed by atoms with Gasteiger partial charge in [-0.1, -0.05) is 50.9 Å². The van der Waals surface area contributed by atoms with Crippen LogP contribution in [0.1, 0.15) is 18.9 Å². The van der Waals surface area contributed by atoms with Gasteiger partial charge in [0.05, 0.1) is 6.61 Å². The van der Waals surface area contributed by atoms with Crippen LogP contribution in [0.4, 0.5) is 0 Å². The van der Waals surface area contributed by atoms with Gasteiger partial charge in [0.25, 0.3) is 0 Å². The fourth-order valence-electron chi connectivity index (χ4n) is 1.32. The smallest absolute Gasteiger partial charge is 0.0693 e. The first-order valence-electron chi connectivity index (χ1n) is 5.10. The zero-order chi connectivity index (χ0) is 10.9. The molecule has 0 radical (unpaired) electrons. The summed E-state index contributed by atoms with van der Waals surface area (Å²) in [6, 6.07) is 10.6. The lowest BCUT2D eigenvalue weighted by molar-refractivity contribution is 0.422. The van der Waals surface area contributed by atoms with Crippen molar-refractivity contribution in [1.82, 2.24) is 0 Å². The van der Waals surface area contributed by atoms with E-state index < -0.39 is 0 Å². The van der Waals surface area contributed by atoms with Gasteiger partial charge in [-0.15, -0.1) is 0 Å². The van der Waals surface area contributed by atoms with E-state index in [1.54, 1.807) is 0 Å². The molecule has 2 unspecified atom stereocenters. The Hall–Kier alpha value is -0.220. The molecule has 0 aliphatic carbocycles. The summed E-state index contributed by atoms with van der Waals surface area (Å²) in [7, 11) is 3.09. The second-order valence-electron chi connectivity index (χ2n) is 3.46. The van der Waals surface area contributed by atoms with Crippen LogP contribution < -0.4 is 0 Å². The van der Waals surface area contributed by atoms with Gasteiger partial charge in [0, 0.05) is 8.50 Å².